The van der Waals surface area contributed by atoms with Gasteiger partial charge in [-0.05, 0) is 24.3 Å². The minimum atomic E-state index is -1.18. The van der Waals surface area contributed by atoms with E-state index in [0.717, 1.165) is 11.5 Å². The Kier molecular flexibility index (Phi) is 5.34. The van der Waals surface area contributed by atoms with E-state index < -0.39 is 8.37 Å². The molecular weight excluding hydrogens is 325 g/mol. The Balaban J connectivity index is 1.64. The Morgan fingerprint density at radius 2 is 1.24 bits per heavy atom. The standard InChI is InChI=1S/C12H15N4O2P3/c13-21-15(17-11-7-3-1-4-8-11)19-14-20-16(21)18-12-9-5-2-6-10-12/h1-10,14,19-20H,13H2. The summed E-state index contributed by atoms with van der Waals surface area (Å²) in [6.45, 7) is 0. The molecule has 0 saturated carbocycles. The van der Waals surface area contributed by atoms with Gasteiger partial charge in [-0.15, -0.1) is 0 Å². The van der Waals surface area contributed by atoms with Gasteiger partial charge in [0.15, 0.2) is 8.37 Å². The highest BCUT2D eigenvalue weighted by atomic mass is 31.2. The maximum absolute atomic E-state index is 6.26. The molecule has 3 N–H and O–H groups in total. The van der Waals surface area contributed by atoms with Gasteiger partial charge in [0.05, 0.1) is 17.8 Å². The monoisotopic (exact) mass is 340 g/mol. The summed E-state index contributed by atoms with van der Waals surface area (Å²) in [4.78, 5) is 14.9. The molecule has 2 unspecified atom stereocenters. The van der Waals surface area contributed by atoms with Gasteiger partial charge in [0.2, 0.25) is 0 Å². The number of hydrogen-bond donors (Lipinski definition) is 2. The van der Waals surface area contributed by atoms with Gasteiger partial charge in [0.1, 0.15) is 11.5 Å². The molecule has 1 aliphatic heterocycles. The van der Waals surface area contributed by atoms with E-state index in [4.69, 9.17) is 15.2 Å². The van der Waals surface area contributed by atoms with Crippen LogP contribution in [0.2, 0.25) is 0 Å². The van der Waals surface area contributed by atoms with Gasteiger partial charge in [0, 0.05) is 0 Å². The van der Waals surface area contributed by atoms with Crippen LogP contribution in [0.4, 0.5) is 0 Å². The smallest absolute Gasteiger partial charge is 0.198 e. The lowest BCUT2D eigenvalue weighted by Gasteiger charge is -2.37. The average molecular weight is 340 g/mol. The van der Waals surface area contributed by atoms with E-state index in [1.165, 1.54) is 0 Å². The summed E-state index contributed by atoms with van der Waals surface area (Å²) in [7, 11) is -0.580. The molecule has 2 aromatic carbocycles. The summed E-state index contributed by atoms with van der Waals surface area (Å²) < 4.78 is 3.45. The molecular formula is C12H15N4O2P3. The topological polar surface area (TPSA) is 63.0 Å². The van der Waals surface area contributed by atoms with Crippen molar-refractivity contribution in [1.29, 1.82) is 0 Å². The zero-order valence-corrected chi connectivity index (χ0v) is 13.9. The van der Waals surface area contributed by atoms with Crippen molar-refractivity contribution >= 4 is 26.1 Å². The predicted molar refractivity (Wildman–Crippen MR) is 88.7 cm³/mol. The number of hydrogen-bond acceptors (Lipinski definition) is 6. The number of benzene rings is 2. The van der Waals surface area contributed by atoms with Crippen LogP contribution < -0.4 is 20.0 Å². The Morgan fingerprint density at radius 3 is 1.67 bits per heavy atom. The van der Waals surface area contributed by atoms with Crippen LogP contribution in [-0.4, -0.2) is 9.21 Å². The molecule has 0 aliphatic carbocycles. The lowest BCUT2D eigenvalue weighted by atomic mass is 10.3. The van der Waals surface area contributed by atoms with E-state index in [9.17, 15) is 0 Å². The quantitative estimate of drug-likeness (QED) is 0.832. The maximum Gasteiger partial charge on any atom is 0.198 e. The van der Waals surface area contributed by atoms with Crippen LogP contribution in [0.5, 0.6) is 11.5 Å². The number of nitrogens with two attached hydrogens (primary N) is 1. The third-order valence-electron chi connectivity index (χ3n) is 2.55. The highest BCUT2D eigenvalue weighted by Crippen LogP contribution is 2.54. The minimum Gasteiger partial charge on any atom is -0.395 e. The van der Waals surface area contributed by atoms with Crippen LogP contribution in [0, 0.1) is 0 Å². The lowest BCUT2D eigenvalue weighted by molar-refractivity contribution is 0.0908. The molecule has 0 bridgehead atoms. The molecule has 110 valence electrons. The molecule has 0 spiro atoms. The van der Waals surface area contributed by atoms with E-state index in [2.05, 4.69) is 4.86 Å². The fraction of sp³-hybridized carbons (Fsp3) is 0. The van der Waals surface area contributed by atoms with Gasteiger partial charge < -0.3 is 9.68 Å². The Labute approximate surface area is 128 Å². The van der Waals surface area contributed by atoms with Gasteiger partial charge >= 0.3 is 0 Å². The lowest BCUT2D eigenvalue weighted by Crippen LogP contribution is -2.33. The molecule has 9 heteroatoms. The Morgan fingerprint density at radius 1 is 0.810 bits per heavy atom. The van der Waals surface area contributed by atoms with Crippen LogP contribution in [-0.2, 0) is 0 Å². The van der Waals surface area contributed by atoms with E-state index in [1.807, 2.05) is 60.7 Å². The second kappa shape index (κ2) is 7.44. The molecule has 1 saturated heterocycles. The first-order valence-corrected chi connectivity index (χ1v) is 9.41. The summed E-state index contributed by atoms with van der Waals surface area (Å²) in [5.74, 6) is 1.52. The fourth-order valence-corrected chi connectivity index (χ4v) is 5.83. The zero-order chi connectivity index (χ0) is 14.5. The van der Waals surface area contributed by atoms with Crippen molar-refractivity contribution in [3.63, 3.8) is 0 Å². The summed E-state index contributed by atoms with van der Waals surface area (Å²) in [6, 6.07) is 19.2. The minimum absolute atomic E-state index is 0.301. The van der Waals surface area contributed by atoms with Crippen molar-refractivity contribution in [2.24, 2.45) is 5.50 Å². The fourth-order valence-electron chi connectivity index (χ4n) is 1.59. The number of nitrogens with zero attached hydrogens (tertiary/aromatic N) is 2. The van der Waals surface area contributed by atoms with E-state index in [1.54, 1.807) is 9.21 Å². The summed E-state index contributed by atoms with van der Waals surface area (Å²) in [5.41, 5.74) is 6.26. The predicted octanol–water partition coefficient (Wildman–Crippen LogP) is 3.38. The molecule has 1 fully saturated rings. The van der Waals surface area contributed by atoms with Gasteiger partial charge in [-0.25, -0.2) is 4.86 Å². The summed E-state index contributed by atoms with van der Waals surface area (Å²) >= 11 is 0. The highest BCUT2D eigenvalue weighted by Gasteiger charge is 2.31. The number of nitrogens with one attached hydrogen (secondary N) is 1. The van der Waals surface area contributed by atoms with E-state index in [0.29, 0.717) is 17.8 Å². The molecule has 3 rings (SSSR count). The van der Waals surface area contributed by atoms with Gasteiger partial charge in [-0.3, -0.25) is 5.50 Å². The summed E-state index contributed by atoms with van der Waals surface area (Å²) in [5, 5.41) is 0. The normalized spacial score (nSPS) is 22.4. The molecule has 2 aromatic rings. The average Bonchev–Trinajstić information content (AvgIpc) is 2.53. The molecule has 1 aliphatic rings. The summed E-state index contributed by atoms with van der Waals surface area (Å²) in [6.07, 6.45) is 0. The highest BCUT2D eigenvalue weighted by molar-refractivity contribution is 7.71. The molecule has 0 radical (unpaired) electrons. The van der Waals surface area contributed by atoms with Crippen LogP contribution in [0.1, 0.15) is 0 Å². The van der Waals surface area contributed by atoms with Crippen molar-refractivity contribution < 1.29 is 9.68 Å². The molecule has 6 nitrogen and oxygen atoms in total. The van der Waals surface area contributed by atoms with Crippen molar-refractivity contribution in [2.45, 2.75) is 0 Å². The van der Waals surface area contributed by atoms with Crippen molar-refractivity contribution in [3.05, 3.63) is 60.7 Å². The van der Waals surface area contributed by atoms with Crippen LogP contribution in [0.3, 0.4) is 0 Å². The van der Waals surface area contributed by atoms with E-state index in [-0.39, 0.29) is 0 Å². The first-order chi connectivity index (χ1) is 10.3. The first kappa shape index (κ1) is 15.1. The maximum atomic E-state index is 6.26. The number of para-hydroxylation sites is 2. The third kappa shape index (κ3) is 4.09. The van der Waals surface area contributed by atoms with Gasteiger partial charge in [-0.1, -0.05) is 45.6 Å². The third-order valence-corrected chi connectivity index (χ3v) is 6.74. The Hall–Kier alpha value is -0.830. The van der Waals surface area contributed by atoms with Crippen molar-refractivity contribution in [3.8, 4) is 11.5 Å². The molecule has 21 heavy (non-hydrogen) atoms. The van der Waals surface area contributed by atoms with Crippen LogP contribution >= 0.6 is 26.1 Å². The molecule has 0 amide bonds. The van der Waals surface area contributed by atoms with Gasteiger partial charge in [-0.2, -0.15) is 0 Å². The SMILES string of the molecule is NP1N(Oc2ccccc2)PNPN1Oc1ccccc1. The molecule has 1 heterocycles. The van der Waals surface area contributed by atoms with Crippen molar-refractivity contribution in [2.75, 3.05) is 0 Å². The molecule has 2 atom stereocenters. The van der Waals surface area contributed by atoms with Crippen LogP contribution in [0.15, 0.2) is 60.7 Å². The van der Waals surface area contributed by atoms with Crippen molar-refractivity contribution in [1.82, 2.24) is 14.1 Å². The number of rotatable bonds is 4. The first-order valence-electron chi connectivity index (χ1n) is 6.20. The molecule has 0 aromatic heterocycles. The largest absolute Gasteiger partial charge is 0.395 e. The second-order valence-electron chi connectivity index (χ2n) is 4.02. The second-order valence-corrected chi connectivity index (χ2v) is 8.40. The van der Waals surface area contributed by atoms with E-state index >= 15 is 0 Å². The van der Waals surface area contributed by atoms with Crippen LogP contribution in [0.25, 0.3) is 0 Å². The Bertz CT molecular complexity index is 513. The zero-order valence-electron chi connectivity index (χ0n) is 11.0. The van der Waals surface area contributed by atoms with Gasteiger partial charge in [0.25, 0.3) is 0 Å².